The van der Waals surface area contributed by atoms with E-state index < -0.39 is 12.1 Å². The van der Waals surface area contributed by atoms with Gasteiger partial charge in [-0.15, -0.1) is 11.8 Å². The van der Waals surface area contributed by atoms with Gasteiger partial charge in [0.15, 0.2) is 0 Å². The number of nitrogens with one attached hydrogen (secondary N) is 2. The van der Waals surface area contributed by atoms with Crippen molar-refractivity contribution in [1.82, 2.24) is 15.5 Å². The second kappa shape index (κ2) is 9.18. The first-order valence-electron chi connectivity index (χ1n) is 9.72. The summed E-state index contributed by atoms with van der Waals surface area (Å²) in [6, 6.07) is 9.77. The van der Waals surface area contributed by atoms with Gasteiger partial charge >= 0.3 is 0 Å². The Kier molecular flexibility index (Phi) is 6.38. The number of fused-ring (bicyclic) bond motifs is 3. The zero-order valence-electron chi connectivity index (χ0n) is 16.5. The molecule has 1 saturated heterocycles. The maximum absolute atomic E-state index is 13.1. The third-order valence-electron chi connectivity index (χ3n) is 5.26. The SMILES string of the molecule is CSCCC(NC(=O)C1CSC2c3ccccc3C(=O)N12)C(=O)NCc1ccco1. The molecule has 1 aromatic heterocycles. The quantitative estimate of drug-likeness (QED) is 0.648. The Bertz CT molecular complexity index is 934. The van der Waals surface area contributed by atoms with E-state index >= 15 is 0 Å². The fourth-order valence-electron chi connectivity index (χ4n) is 3.73. The number of rotatable bonds is 8. The van der Waals surface area contributed by atoms with Crippen LogP contribution in [0.4, 0.5) is 0 Å². The molecule has 4 rings (SSSR count). The van der Waals surface area contributed by atoms with E-state index in [9.17, 15) is 14.4 Å². The maximum Gasteiger partial charge on any atom is 0.256 e. The second-order valence-electron chi connectivity index (χ2n) is 7.14. The lowest BCUT2D eigenvalue weighted by Gasteiger charge is -2.25. The standard InChI is InChI=1S/C21H23N3O4S2/c1-29-10-8-16(18(25)22-11-13-5-4-9-28-13)23-19(26)17-12-30-21-15-7-3-2-6-14(15)20(27)24(17)21/h2-7,9,16-17,21H,8,10-12H2,1H3,(H,22,25)(H,23,26). The van der Waals surface area contributed by atoms with Gasteiger partial charge in [-0.3, -0.25) is 14.4 Å². The van der Waals surface area contributed by atoms with Gasteiger partial charge in [-0.2, -0.15) is 11.8 Å². The first-order valence-corrected chi connectivity index (χ1v) is 12.2. The average molecular weight is 446 g/mol. The molecule has 1 aromatic carbocycles. The molecule has 2 aliphatic rings. The molecule has 0 aliphatic carbocycles. The van der Waals surface area contributed by atoms with Crippen LogP contribution >= 0.6 is 23.5 Å². The number of carbonyl (C=O) groups excluding carboxylic acids is 3. The van der Waals surface area contributed by atoms with Crippen LogP contribution in [0.3, 0.4) is 0 Å². The van der Waals surface area contributed by atoms with Gasteiger partial charge in [0, 0.05) is 11.3 Å². The summed E-state index contributed by atoms with van der Waals surface area (Å²) >= 11 is 3.20. The molecule has 30 heavy (non-hydrogen) atoms. The second-order valence-corrected chi connectivity index (χ2v) is 9.24. The van der Waals surface area contributed by atoms with Crippen LogP contribution in [0.15, 0.2) is 47.1 Å². The van der Waals surface area contributed by atoms with Gasteiger partial charge in [0.1, 0.15) is 23.2 Å². The Morgan fingerprint density at radius 3 is 2.90 bits per heavy atom. The first kappa shape index (κ1) is 20.9. The van der Waals surface area contributed by atoms with Gasteiger partial charge in [0.2, 0.25) is 11.8 Å². The zero-order chi connectivity index (χ0) is 21.1. The number of hydrogen-bond acceptors (Lipinski definition) is 6. The number of amides is 3. The molecule has 2 aromatic rings. The molecular formula is C21H23N3O4S2. The van der Waals surface area contributed by atoms with E-state index in [1.807, 2.05) is 24.5 Å². The molecule has 7 nitrogen and oxygen atoms in total. The topological polar surface area (TPSA) is 91.7 Å². The number of thioether (sulfide) groups is 2. The summed E-state index contributed by atoms with van der Waals surface area (Å²) in [5, 5.41) is 5.56. The van der Waals surface area contributed by atoms with Crippen LogP contribution in [-0.2, 0) is 16.1 Å². The highest BCUT2D eigenvalue weighted by atomic mass is 32.2. The molecule has 158 valence electrons. The van der Waals surface area contributed by atoms with Crippen LogP contribution in [0, 0.1) is 0 Å². The average Bonchev–Trinajstić information content (AvgIpc) is 3.48. The zero-order valence-corrected chi connectivity index (χ0v) is 18.1. The molecule has 0 bridgehead atoms. The molecule has 2 aliphatic heterocycles. The molecule has 0 radical (unpaired) electrons. The largest absolute Gasteiger partial charge is 0.467 e. The third-order valence-corrected chi connectivity index (χ3v) is 7.20. The van der Waals surface area contributed by atoms with E-state index in [-0.39, 0.29) is 29.6 Å². The van der Waals surface area contributed by atoms with Crippen molar-refractivity contribution >= 4 is 41.2 Å². The van der Waals surface area contributed by atoms with Crippen LogP contribution in [0.2, 0.25) is 0 Å². The minimum Gasteiger partial charge on any atom is -0.467 e. The Morgan fingerprint density at radius 1 is 1.30 bits per heavy atom. The minimum absolute atomic E-state index is 0.122. The molecule has 3 atom stereocenters. The van der Waals surface area contributed by atoms with Crippen molar-refractivity contribution in [3.8, 4) is 0 Å². The number of hydrogen-bond donors (Lipinski definition) is 2. The summed E-state index contributed by atoms with van der Waals surface area (Å²) in [6.07, 6.45) is 4.01. The van der Waals surface area contributed by atoms with E-state index in [0.717, 1.165) is 11.3 Å². The molecule has 2 N–H and O–H groups in total. The number of carbonyl (C=O) groups is 3. The lowest BCUT2D eigenvalue weighted by Crippen LogP contribution is -2.53. The van der Waals surface area contributed by atoms with Crippen LogP contribution in [0.25, 0.3) is 0 Å². The summed E-state index contributed by atoms with van der Waals surface area (Å²) < 4.78 is 5.24. The molecule has 3 heterocycles. The first-order chi connectivity index (χ1) is 14.6. The Morgan fingerprint density at radius 2 is 2.13 bits per heavy atom. The summed E-state index contributed by atoms with van der Waals surface area (Å²) in [5.74, 6) is 1.23. The summed E-state index contributed by atoms with van der Waals surface area (Å²) in [4.78, 5) is 40.3. The summed E-state index contributed by atoms with van der Waals surface area (Å²) in [5.41, 5.74) is 1.61. The number of nitrogens with zero attached hydrogens (tertiary/aromatic N) is 1. The number of benzene rings is 1. The van der Waals surface area contributed by atoms with E-state index in [1.54, 1.807) is 52.9 Å². The van der Waals surface area contributed by atoms with Gasteiger partial charge in [0.25, 0.3) is 5.91 Å². The summed E-state index contributed by atoms with van der Waals surface area (Å²) in [6.45, 7) is 0.263. The Hall–Kier alpha value is -2.39. The van der Waals surface area contributed by atoms with Crippen molar-refractivity contribution in [2.24, 2.45) is 0 Å². The van der Waals surface area contributed by atoms with Crippen molar-refractivity contribution in [2.75, 3.05) is 17.8 Å². The number of furan rings is 1. The highest BCUT2D eigenvalue weighted by molar-refractivity contribution is 7.99. The van der Waals surface area contributed by atoms with Crippen LogP contribution in [-0.4, -0.2) is 52.5 Å². The van der Waals surface area contributed by atoms with Gasteiger partial charge in [-0.1, -0.05) is 18.2 Å². The fourth-order valence-corrected chi connectivity index (χ4v) is 5.66. The predicted octanol–water partition coefficient (Wildman–Crippen LogP) is 2.40. The van der Waals surface area contributed by atoms with Crippen molar-refractivity contribution < 1.29 is 18.8 Å². The molecule has 9 heteroatoms. The maximum atomic E-state index is 13.1. The molecule has 3 unspecified atom stereocenters. The van der Waals surface area contributed by atoms with Crippen molar-refractivity contribution in [2.45, 2.75) is 30.4 Å². The van der Waals surface area contributed by atoms with Crippen LogP contribution < -0.4 is 10.6 Å². The lowest BCUT2D eigenvalue weighted by atomic mass is 10.1. The van der Waals surface area contributed by atoms with E-state index in [4.69, 9.17) is 4.42 Å². The Balaban J connectivity index is 1.42. The molecule has 3 amide bonds. The summed E-state index contributed by atoms with van der Waals surface area (Å²) in [7, 11) is 0. The van der Waals surface area contributed by atoms with E-state index in [1.165, 1.54) is 0 Å². The van der Waals surface area contributed by atoms with E-state index in [2.05, 4.69) is 10.6 Å². The molecule has 0 spiro atoms. The molecular weight excluding hydrogens is 422 g/mol. The minimum atomic E-state index is -0.663. The predicted molar refractivity (Wildman–Crippen MR) is 117 cm³/mol. The van der Waals surface area contributed by atoms with Crippen molar-refractivity contribution in [3.05, 3.63) is 59.5 Å². The fraction of sp³-hybridized carbons (Fsp3) is 0.381. The van der Waals surface area contributed by atoms with Crippen LogP contribution in [0.1, 0.15) is 33.5 Å². The smallest absolute Gasteiger partial charge is 0.256 e. The third kappa shape index (κ3) is 4.09. The van der Waals surface area contributed by atoms with E-state index in [0.29, 0.717) is 23.5 Å². The lowest BCUT2D eigenvalue weighted by molar-refractivity contribution is -0.131. The van der Waals surface area contributed by atoms with Gasteiger partial charge in [-0.25, -0.2) is 0 Å². The van der Waals surface area contributed by atoms with Gasteiger partial charge in [-0.05, 0) is 42.2 Å². The van der Waals surface area contributed by atoms with Gasteiger partial charge < -0.3 is 20.0 Å². The van der Waals surface area contributed by atoms with Crippen LogP contribution in [0.5, 0.6) is 0 Å². The van der Waals surface area contributed by atoms with Crippen molar-refractivity contribution in [3.63, 3.8) is 0 Å². The van der Waals surface area contributed by atoms with Gasteiger partial charge in [0.05, 0.1) is 12.8 Å². The normalized spacial score (nSPS) is 20.6. The molecule has 0 saturated carbocycles. The Labute approximate surface area is 183 Å². The highest BCUT2D eigenvalue weighted by Crippen LogP contribution is 2.48. The highest BCUT2D eigenvalue weighted by Gasteiger charge is 2.48. The monoisotopic (exact) mass is 445 g/mol. The molecule has 1 fully saturated rings. The van der Waals surface area contributed by atoms with Crippen molar-refractivity contribution in [1.29, 1.82) is 0 Å².